The highest BCUT2D eigenvalue weighted by Gasteiger charge is 2.18. The van der Waals surface area contributed by atoms with Gasteiger partial charge < -0.3 is 10.7 Å². The Morgan fingerprint density at radius 2 is 2.00 bits per heavy atom. The first-order valence-corrected chi connectivity index (χ1v) is 9.48. The molecule has 0 aliphatic carbocycles. The van der Waals surface area contributed by atoms with Crippen LogP contribution in [0.15, 0.2) is 28.1 Å². The van der Waals surface area contributed by atoms with Crippen LogP contribution < -0.4 is 5.73 Å². The summed E-state index contributed by atoms with van der Waals surface area (Å²) in [6.07, 6.45) is 3.04. The quantitative estimate of drug-likeness (QED) is 0.473. The van der Waals surface area contributed by atoms with Crippen LogP contribution in [0.25, 0.3) is 21.5 Å². The van der Waals surface area contributed by atoms with Crippen LogP contribution in [0.3, 0.4) is 0 Å². The van der Waals surface area contributed by atoms with Crippen molar-refractivity contribution in [2.45, 2.75) is 19.3 Å². The molecule has 0 amide bonds. The van der Waals surface area contributed by atoms with Crippen molar-refractivity contribution in [2.24, 2.45) is 5.73 Å². The van der Waals surface area contributed by atoms with Gasteiger partial charge in [-0.25, -0.2) is 0 Å². The Hall–Kier alpha value is -0.520. The van der Waals surface area contributed by atoms with E-state index in [-0.39, 0.29) is 0 Å². The molecule has 116 valence electrons. The minimum Gasteiger partial charge on any atom is -0.352 e. The SMILES string of the molecule is NCCCCc1c(-c2sccc2Br)[nH]c2c(Cl)c(Cl)ccc12. The van der Waals surface area contributed by atoms with E-state index in [1.165, 1.54) is 10.4 Å². The van der Waals surface area contributed by atoms with E-state index < -0.39 is 0 Å². The lowest BCUT2D eigenvalue weighted by Crippen LogP contribution is -1.99. The van der Waals surface area contributed by atoms with Crippen molar-refractivity contribution in [3.63, 3.8) is 0 Å². The summed E-state index contributed by atoms with van der Waals surface area (Å²) < 4.78 is 1.09. The Morgan fingerprint density at radius 1 is 1.18 bits per heavy atom. The average Bonchev–Trinajstić information content (AvgIpc) is 3.07. The van der Waals surface area contributed by atoms with Crippen molar-refractivity contribution in [3.8, 4) is 10.6 Å². The van der Waals surface area contributed by atoms with E-state index in [1.807, 2.05) is 12.1 Å². The van der Waals surface area contributed by atoms with Gasteiger partial charge in [0.15, 0.2) is 0 Å². The summed E-state index contributed by atoms with van der Waals surface area (Å²) in [5.41, 5.74) is 8.94. The number of hydrogen-bond acceptors (Lipinski definition) is 2. The monoisotopic (exact) mass is 416 g/mol. The number of rotatable bonds is 5. The van der Waals surface area contributed by atoms with Crippen molar-refractivity contribution in [3.05, 3.63) is 43.7 Å². The number of nitrogens with one attached hydrogen (secondary N) is 1. The number of aromatic nitrogens is 1. The van der Waals surface area contributed by atoms with Gasteiger partial charge in [-0.05, 0) is 64.8 Å². The first-order valence-electron chi connectivity index (χ1n) is 7.05. The molecule has 22 heavy (non-hydrogen) atoms. The molecule has 0 fully saturated rings. The number of thiophene rings is 1. The van der Waals surface area contributed by atoms with E-state index in [4.69, 9.17) is 28.9 Å². The fraction of sp³-hybridized carbons (Fsp3) is 0.250. The molecule has 0 aliphatic heterocycles. The maximum Gasteiger partial charge on any atom is 0.0833 e. The first-order chi connectivity index (χ1) is 10.6. The smallest absolute Gasteiger partial charge is 0.0833 e. The van der Waals surface area contributed by atoms with Gasteiger partial charge in [0, 0.05) is 9.86 Å². The number of fused-ring (bicyclic) bond motifs is 1. The Bertz CT molecular complexity index is 810. The summed E-state index contributed by atoms with van der Waals surface area (Å²) in [6.45, 7) is 0.715. The largest absolute Gasteiger partial charge is 0.352 e. The molecule has 1 aromatic carbocycles. The van der Waals surface area contributed by atoms with Crippen LogP contribution in [0.5, 0.6) is 0 Å². The maximum atomic E-state index is 6.38. The molecule has 2 nitrogen and oxygen atoms in total. The number of aromatic amines is 1. The minimum absolute atomic E-state index is 0.570. The zero-order valence-corrected chi connectivity index (χ0v) is 15.7. The van der Waals surface area contributed by atoms with Gasteiger partial charge in [-0.15, -0.1) is 11.3 Å². The van der Waals surface area contributed by atoms with Crippen LogP contribution in [-0.2, 0) is 6.42 Å². The van der Waals surface area contributed by atoms with Gasteiger partial charge >= 0.3 is 0 Å². The van der Waals surface area contributed by atoms with Gasteiger partial charge in [0.05, 0.1) is 26.1 Å². The molecule has 0 unspecified atom stereocenters. The maximum absolute atomic E-state index is 6.38. The number of unbranched alkanes of at least 4 members (excludes halogenated alkanes) is 1. The number of benzene rings is 1. The second-order valence-corrected chi connectivity index (χ2v) is 7.66. The summed E-state index contributed by atoms with van der Waals surface area (Å²) in [7, 11) is 0. The van der Waals surface area contributed by atoms with Crippen LogP contribution in [0, 0.1) is 0 Å². The van der Waals surface area contributed by atoms with Crippen LogP contribution in [0.2, 0.25) is 10.0 Å². The summed E-state index contributed by atoms with van der Waals surface area (Å²) in [6, 6.07) is 5.96. The average molecular weight is 418 g/mol. The number of H-pyrrole nitrogens is 1. The highest BCUT2D eigenvalue weighted by molar-refractivity contribution is 9.10. The van der Waals surface area contributed by atoms with Gasteiger partial charge in [-0.1, -0.05) is 29.3 Å². The van der Waals surface area contributed by atoms with Gasteiger partial charge in [-0.2, -0.15) is 0 Å². The molecular formula is C16H15BrCl2N2S. The third-order valence-electron chi connectivity index (χ3n) is 3.70. The second kappa shape index (κ2) is 6.93. The third kappa shape index (κ3) is 2.95. The van der Waals surface area contributed by atoms with E-state index in [0.29, 0.717) is 16.6 Å². The Balaban J connectivity index is 2.19. The molecule has 0 saturated carbocycles. The zero-order chi connectivity index (χ0) is 15.7. The number of aryl methyl sites for hydroxylation is 1. The van der Waals surface area contributed by atoms with Crippen molar-refractivity contribution in [1.29, 1.82) is 0 Å². The standard InChI is InChI=1S/C16H15BrCl2N2S/c17-11-6-8-22-16(11)15-9(3-1-2-7-20)10-4-5-12(18)13(19)14(10)21-15/h4-6,8,21H,1-3,7,20H2. The third-order valence-corrected chi connectivity index (χ3v) is 6.36. The molecule has 0 radical (unpaired) electrons. The fourth-order valence-corrected chi connectivity index (χ4v) is 4.60. The lowest BCUT2D eigenvalue weighted by atomic mass is 10.0. The molecular weight excluding hydrogens is 403 g/mol. The Labute approximate surface area is 151 Å². The lowest BCUT2D eigenvalue weighted by Gasteiger charge is -2.04. The highest BCUT2D eigenvalue weighted by atomic mass is 79.9. The van der Waals surface area contributed by atoms with Gasteiger partial charge in [-0.3, -0.25) is 0 Å². The van der Waals surface area contributed by atoms with Gasteiger partial charge in [0.25, 0.3) is 0 Å². The van der Waals surface area contributed by atoms with Gasteiger partial charge in [0.1, 0.15) is 0 Å². The topological polar surface area (TPSA) is 41.8 Å². The van der Waals surface area contributed by atoms with Crippen LogP contribution >= 0.6 is 50.5 Å². The first kappa shape index (κ1) is 16.3. The predicted molar refractivity (Wildman–Crippen MR) is 101 cm³/mol. The van der Waals surface area contributed by atoms with Crippen molar-refractivity contribution >= 4 is 61.4 Å². The van der Waals surface area contributed by atoms with Crippen LogP contribution in [0.1, 0.15) is 18.4 Å². The predicted octanol–water partition coefficient (Wildman–Crippen LogP) is 6.25. The molecule has 2 heterocycles. The van der Waals surface area contributed by atoms with Crippen LogP contribution in [0.4, 0.5) is 0 Å². The normalized spacial score (nSPS) is 11.5. The van der Waals surface area contributed by atoms with E-state index >= 15 is 0 Å². The van der Waals surface area contributed by atoms with Crippen molar-refractivity contribution in [2.75, 3.05) is 6.54 Å². The number of nitrogens with two attached hydrogens (primary N) is 1. The molecule has 2 aromatic heterocycles. The molecule has 0 bridgehead atoms. The Kier molecular flexibility index (Phi) is 5.15. The fourth-order valence-electron chi connectivity index (χ4n) is 2.63. The summed E-state index contributed by atoms with van der Waals surface area (Å²) in [4.78, 5) is 4.66. The zero-order valence-electron chi connectivity index (χ0n) is 11.8. The highest BCUT2D eigenvalue weighted by Crippen LogP contribution is 2.41. The minimum atomic E-state index is 0.570. The Morgan fingerprint density at radius 3 is 2.68 bits per heavy atom. The molecule has 0 spiro atoms. The van der Waals surface area contributed by atoms with E-state index in [2.05, 4.69) is 32.4 Å². The van der Waals surface area contributed by atoms with E-state index in [1.54, 1.807) is 11.3 Å². The number of hydrogen-bond donors (Lipinski definition) is 2. The second-order valence-electron chi connectivity index (χ2n) is 5.11. The molecule has 0 aliphatic rings. The van der Waals surface area contributed by atoms with Crippen LogP contribution in [-0.4, -0.2) is 11.5 Å². The molecule has 6 heteroatoms. The van der Waals surface area contributed by atoms with E-state index in [9.17, 15) is 0 Å². The lowest BCUT2D eigenvalue weighted by molar-refractivity contribution is 0.748. The van der Waals surface area contributed by atoms with Crippen molar-refractivity contribution in [1.82, 2.24) is 4.98 Å². The summed E-state index contributed by atoms with van der Waals surface area (Å²) >= 11 is 17.9. The van der Waals surface area contributed by atoms with Crippen molar-refractivity contribution < 1.29 is 0 Å². The summed E-state index contributed by atoms with van der Waals surface area (Å²) in [5, 5.41) is 4.36. The molecule has 3 rings (SSSR count). The molecule has 0 atom stereocenters. The van der Waals surface area contributed by atoms with Gasteiger partial charge in [0.2, 0.25) is 0 Å². The number of halogens is 3. The molecule has 0 saturated heterocycles. The molecule has 3 N–H and O–H groups in total. The summed E-state index contributed by atoms with van der Waals surface area (Å²) in [5.74, 6) is 0. The molecule has 3 aromatic rings. The van der Waals surface area contributed by atoms with E-state index in [0.717, 1.165) is 40.3 Å².